The van der Waals surface area contributed by atoms with Gasteiger partial charge in [-0.2, -0.15) is 4.37 Å². The zero-order chi connectivity index (χ0) is 20.6. The monoisotopic (exact) mass is 534 g/mol. The minimum absolute atomic E-state index is 0.410. The highest BCUT2D eigenvalue weighted by molar-refractivity contribution is 9.15. The smallest absolute Gasteiger partial charge is 0.152 e. The normalized spacial score (nSPS) is 16.6. The second-order valence-electron chi connectivity index (χ2n) is 7.66. The second kappa shape index (κ2) is 12.1. The van der Waals surface area contributed by atoms with Gasteiger partial charge in [-0.15, -0.1) is 11.3 Å². The molecule has 0 amide bonds. The SMILES string of the molecule is CCCCCCCCCCCCc1csc(C2=c3cnsc3=C(Br)C(Cl)N2Cl)c1. The van der Waals surface area contributed by atoms with Gasteiger partial charge in [-0.3, -0.25) is 4.42 Å². The van der Waals surface area contributed by atoms with Gasteiger partial charge in [-0.25, -0.2) is 0 Å². The third-order valence-electron chi connectivity index (χ3n) is 5.37. The summed E-state index contributed by atoms with van der Waals surface area (Å²) < 4.78 is 7.92. The Balaban J connectivity index is 1.49. The molecule has 0 radical (unpaired) electrons. The van der Waals surface area contributed by atoms with E-state index in [1.165, 1.54) is 81.3 Å². The van der Waals surface area contributed by atoms with Crippen LogP contribution in [0.3, 0.4) is 0 Å². The first-order valence-electron chi connectivity index (χ1n) is 10.6. The van der Waals surface area contributed by atoms with E-state index in [2.05, 4.69) is 38.7 Å². The Kier molecular flexibility index (Phi) is 9.84. The van der Waals surface area contributed by atoms with Crippen molar-refractivity contribution in [2.75, 3.05) is 0 Å². The number of aromatic nitrogens is 1. The topological polar surface area (TPSA) is 16.1 Å². The molecule has 0 aromatic carbocycles. The van der Waals surface area contributed by atoms with Crippen molar-refractivity contribution in [1.29, 1.82) is 0 Å². The molecular weight excluding hydrogens is 507 g/mol. The van der Waals surface area contributed by atoms with E-state index < -0.39 is 5.50 Å². The van der Waals surface area contributed by atoms with Crippen LogP contribution in [0.2, 0.25) is 0 Å². The van der Waals surface area contributed by atoms with E-state index in [1.54, 1.807) is 15.8 Å². The number of thiophene rings is 1. The van der Waals surface area contributed by atoms with Crippen molar-refractivity contribution in [3.8, 4) is 0 Å². The lowest BCUT2D eigenvalue weighted by molar-refractivity contribution is 0.556. The molecule has 1 atom stereocenters. The second-order valence-corrected chi connectivity index (χ2v) is 11.0. The number of fused-ring (bicyclic) bond motifs is 1. The maximum Gasteiger partial charge on any atom is 0.152 e. The molecule has 29 heavy (non-hydrogen) atoms. The van der Waals surface area contributed by atoms with Gasteiger partial charge in [-0.1, -0.05) is 92.2 Å². The number of rotatable bonds is 12. The maximum absolute atomic E-state index is 6.57. The lowest BCUT2D eigenvalue weighted by Gasteiger charge is -2.26. The van der Waals surface area contributed by atoms with E-state index in [0.717, 1.165) is 31.2 Å². The van der Waals surface area contributed by atoms with Crippen LogP contribution in [0.1, 0.15) is 81.6 Å². The lowest BCUT2D eigenvalue weighted by atomic mass is 10.0. The van der Waals surface area contributed by atoms with Crippen molar-refractivity contribution >= 4 is 72.4 Å². The summed E-state index contributed by atoms with van der Waals surface area (Å²) in [5.41, 5.74) is 1.96. The highest BCUT2D eigenvalue weighted by Crippen LogP contribution is 2.34. The molecule has 7 heteroatoms. The van der Waals surface area contributed by atoms with Gasteiger partial charge in [0.2, 0.25) is 0 Å². The maximum atomic E-state index is 6.57. The molecule has 160 valence electrons. The van der Waals surface area contributed by atoms with Crippen LogP contribution in [0.25, 0.3) is 10.2 Å². The highest BCUT2D eigenvalue weighted by Gasteiger charge is 2.28. The average molecular weight is 536 g/mol. The minimum atomic E-state index is -0.410. The van der Waals surface area contributed by atoms with Gasteiger partial charge >= 0.3 is 0 Å². The van der Waals surface area contributed by atoms with Crippen LogP contribution in [0, 0.1) is 0 Å². The molecular formula is C22H29BrCl2N2S2. The number of hydrogen-bond donors (Lipinski definition) is 0. The van der Waals surface area contributed by atoms with Crippen LogP contribution in [-0.4, -0.2) is 14.3 Å². The predicted molar refractivity (Wildman–Crippen MR) is 133 cm³/mol. The van der Waals surface area contributed by atoms with Gasteiger partial charge in [0, 0.05) is 17.0 Å². The molecule has 2 aromatic rings. The fraction of sp³-hybridized carbons (Fsp3) is 0.591. The molecule has 0 N–H and O–H groups in total. The standard InChI is InChI=1S/C22H29BrCl2N2S2/c1-2-3-4-5-6-7-8-9-10-11-12-16-13-18(28-15-16)20-17-14-26-29-21(17)19(23)22(24)27(20)25/h13-15,22H,2-12H2,1H3. The van der Waals surface area contributed by atoms with E-state index in [1.807, 2.05) is 6.20 Å². The number of nitrogens with zero attached hydrogens (tertiary/aromatic N) is 2. The molecule has 0 bridgehead atoms. The summed E-state index contributed by atoms with van der Waals surface area (Å²) in [4.78, 5) is 1.16. The van der Waals surface area contributed by atoms with Crippen LogP contribution in [0.4, 0.5) is 0 Å². The summed E-state index contributed by atoms with van der Waals surface area (Å²) in [6, 6.07) is 2.27. The van der Waals surface area contributed by atoms with Crippen LogP contribution < -0.4 is 9.75 Å². The molecule has 0 aliphatic carbocycles. The summed E-state index contributed by atoms with van der Waals surface area (Å²) in [6.07, 6.45) is 16.7. The number of aryl methyl sites for hydroxylation is 1. The van der Waals surface area contributed by atoms with Gasteiger partial charge < -0.3 is 0 Å². The number of alkyl halides is 1. The summed E-state index contributed by atoms with van der Waals surface area (Å²) in [5, 5.41) is 3.32. The van der Waals surface area contributed by atoms with E-state index in [-0.39, 0.29) is 0 Å². The summed E-state index contributed by atoms with van der Waals surface area (Å²) >= 11 is 19.8. The Morgan fingerprint density at radius 3 is 2.41 bits per heavy atom. The summed E-state index contributed by atoms with van der Waals surface area (Å²) in [5.74, 6) is 0. The van der Waals surface area contributed by atoms with Crippen molar-refractivity contribution in [2.45, 2.75) is 83.1 Å². The van der Waals surface area contributed by atoms with Crippen molar-refractivity contribution in [3.05, 3.63) is 37.8 Å². The molecule has 3 heterocycles. The third-order valence-corrected chi connectivity index (χ3v) is 9.42. The fourth-order valence-corrected chi connectivity index (χ4v) is 6.77. The number of hydrogen-bond acceptors (Lipinski definition) is 4. The molecule has 0 fully saturated rings. The van der Waals surface area contributed by atoms with Crippen LogP contribution in [-0.2, 0) is 6.42 Å². The Morgan fingerprint density at radius 1 is 1.07 bits per heavy atom. The fourth-order valence-electron chi connectivity index (χ4n) is 3.70. The van der Waals surface area contributed by atoms with E-state index in [9.17, 15) is 0 Å². The molecule has 1 aliphatic rings. The van der Waals surface area contributed by atoms with Gasteiger partial charge in [0.25, 0.3) is 0 Å². The van der Waals surface area contributed by atoms with Gasteiger partial charge in [0.15, 0.2) is 5.50 Å². The summed E-state index contributed by atoms with van der Waals surface area (Å²) in [7, 11) is 0. The molecule has 0 saturated heterocycles. The predicted octanol–water partition coefficient (Wildman–Crippen LogP) is 7.36. The van der Waals surface area contributed by atoms with Crippen LogP contribution >= 0.6 is 62.2 Å². The zero-order valence-electron chi connectivity index (χ0n) is 16.9. The Morgan fingerprint density at radius 2 is 1.72 bits per heavy atom. The first-order chi connectivity index (χ1) is 14.1. The molecule has 0 saturated carbocycles. The first-order valence-corrected chi connectivity index (χ1v) is 13.9. The van der Waals surface area contributed by atoms with Crippen molar-refractivity contribution in [2.24, 2.45) is 0 Å². The van der Waals surface area contributed by atoms with Gasteiger partial charge in [0.05, 0.1) is 25.8 Å². The molecule has 0 spiro atoms. The largest absolute Gasteiger partial charge is 0.260 e. The van der Waals surface area contributed by atoms with Crippen LogP contribution in [0.15, 0.2) is 17.6 Å². The Hall–Kier alpha value is -0.0700. The number of halogens is 3. The molecule has 1 aliphatic heterocycles. The average Bonchev–Trinajstić information content (AvgIpc) is 3.38. The van der Waals surface area contributed by atoms with Gasteiger partial charge in [-0.05, 0) is 41.4 Å². The number of unbranched alkanes of at least 4 members (excludes halogenated alkanes) is 9. The molecule has 1 unspecified atom stereocenters. The molecule has 2 aromatic heterocycles. The molecule has 3 rings (SSSR count). The van der Waals surface area contributed by atoms with Crippen molar-refractivity contribution in [3.63, 3.8) is 0 Å². The van der Waals surface area contributed by atoms with E-state index in [0.29, 0.717) is 0 Å². The quantitative estimate of drug-likeness (QED) is 0.122. The van der Waals surface area contributed by atoms with E-state index in [4.69, 9.17) is 23.4 Å². The summed E-state index contributed by atoms with van der Waals surface area (Å²) in [6.45, 7) is 2.28. The van der Waals surface area contributed by atoms with Crippen molar-refractivity contribution < 1.29 is 0 Å². The first kappa shape index (κ1) is 23.6. The third kappa shape index (κ3) is 6.22. The lowest BCUT2D eigenvalue weighted by Crippen LogP contribution is -2.39. The highest BCUT2D eigenvalue weighted by atomic mass is 79.9. The minimum Gasteiger partial charge on any atom is -0.260 e. The zero-order valence-corrected chi connectivity index (χ0v) is 21.7. The van der Waals surface area contributed by atoms with E-state index >= 15 is 0 Å². The van der Waals surface area contributed by atoms with Crippen LogP contribution in [0.5, 0.6) is 0 Å². The Bertz CT molecular complexity index is 893. The van der Waals surface area contributed by atoms with Crippen molar-refractivity contribution in [1.82, 2.24) is 8.79 Å². The van der Waals surface area contributed by atoms with Gasteiger partial charge in [0.1, 0.15) is 0 Å². The Labute approximate surface area is 201 Å². The molecule has 2 nitrogen and oxygen atoms in total.